The standard InChI is InChI=1S/C51H45N3O3S/c1-38-37-45(54(42-21-10-4-11-22-42)43-23-12-5-13-24-43)31-32-46(38)51(49-33-34-50(48-26-15-14-25-47(48)49)52-35-16-36-58(55,56)57)39-27-29-44(30-28-39)53(40-17-6-2-7-18-40)41-19-8-3-9-20-41/h2-15,17-34,37,51-52H,16,35-36H2,1H3,(H,55,56,57). The molecule has 1 unspecified atom stereocenters. The van der Waals surface area contributed by atoms with Gasteiger partial charge >= 0.3 is 0 Å². The molecule has 58 heavy (non-hydrogen) atoms. The number of aryl methyl sites for hydroxylation is 1. The second-order valence-electron chi connectivity index (χ2n) is 14.4. The van der Waals surface area contributed by atoms with Gasteiger partial charge in [-0.3, -0.25) is 4.55 Å². The van der Waals surface area contributed by atoms with Crippen molar-refractivity contribution in [1.29, 1.82) is 0 Å². The maximum Gasteiger partial charge on any atom is 0.264 e. The highest BCUT2D eigenvalue weighted by molar-refractivity contribution is 7.85. The van der Waals surface area contributed by atoms with E-state index in [0.29, 0.717) is 13.0 Å². The molecule has 0 radical (unpaired) electrons. The van der Waals surface area contributed by atoms with Crippen LogP contribution in [0.3, 0.4) is 0 Å². The first-order valence-electron chi connectivity index (χ1n) is 19.6. The van der Waals surface area contributed by atoms with Crippen LogP contribution in [0, 0.1) is 6.92 Å². The lowest BCUT2D eigenvalue weighted by atomic mass is 9.80. The minimum Gasteiger partial charge on any atom is -0.385 e. The lowest BCUT2D eigenvalue weighted by Crippen LogP contribution is -2.13. The maximum atomic E-state index is 11.4. The Hall–Kier alpha value is -6.67. The molecule has 0 spiro atoms. The molecule has 8 rings (SSSR count). The lowest BCUT2D eigenvalue weighted by molar-refractivity contribution is 0.481. The smallest absolute Gasteiger partial charge is 0.264 e. The van der Waals surface area contributed by atoms with Crippen LogP contribution in [0.1, 0.15) is 34.6 Å². The van der Waals surface area contributed by atoms with Gasteiger partial charge in [-0.2, -0.15) is 8.42 Å². The van der Waals surface area contributed by atoms with Gasteiger partial charge in [0.2, 0.25) is 0 Å². The normalized spacial score (nSPS) is 11.9. The summed E-state index contributed by atoms with van der Waals surface area (Å²) in [6.07, 6.45) is 0.293. The first-order valence-corrected chi connectivity index (χ1v) is 21.2. The second-order valence-corrected chi connectivity index (χ2v) is 16.0. The Morgan fingerprint density at radius 1 is 0.500 bits per heavy atom. The van der Waals surface area contributed by atoms with Crippen LogP contribution in [0.4, 0.5) is 39.8 Å². The number of nitrogens with zero attached hydrogens (tertiary/aromatic N) is 2. The van der Waals surface area contributed by atoms with E-state index >= 15 is 0 Å². The zero-order valence-corrected chi connectivity index (χ0v) is 33.1. The Morgan fingerprint density at radius 3 is 1.43 bits per heavy atom. The minimum absolute atomic E-state index is 0.120. The number of anilines is 7. The Balaban J connectivity index is 1.25. The fraction of sp³-hybridized carbons (Fsp3) is 0.0980. The highest BCUT2D eigenvalue weighted by Crippen LogP contribution is 2.43. The Labute approximate surface area is 341 Å². The molecule has 0 aliphatic carbocycles. The average molecular weight is 780 g/mol. The van der Waals surface area contributed by atoms with E-state index < -0.39 is 10.1 Å². The molecule has 288 valence electrons. The highest BCUT2D eigenvalue weighted by atomic mass is 32.2. The van der Waals surface area contributed by atoms with Crippen molar-refractivity contribution in [1.82, 2.24) is 0 Å². The van der Waals surface area contributed by atoms with E-state index in [0.717, 1.165) is 67.3 Å². The first-order chi connectivity index (χ1) is 28.3. The molecule has 8 aromatic rings. The van der Waals surface area contributed by atoms with Crippen LogP contribution in [0.5, 0.6) is 0 Å². The predicted octanol–water partition coefficient (Wildman–Crippen LogP) is 13.0. The summed E-state index contributed by atoms with van der Waals surface area (Å²) < 4.78 is 32.1. The number of rotatable bonds is 14. The van der Waals surface area contributed by atoms with Gasteiger partial charge in [0, 0.05) is 57.7 Å². The summed E-state index contributed by atoms with van der Waals surface area (Å²) >= 11 is 0. The number of nitrogens with one attached hydrogen (secondary N) is 1. The van der Waals surface area contributed by atoms with Crippen LogP contribution >= 0.6 is 0 Å². The van der Waals surface area contributed by atoms with Crippen molar-refractivity contribution in [2.24, 2.45) is 0 Å². The molecule has 1 atom stereocenters. The summed E-state index contributed by atoms with van der Waals surface area (Å²) in [6, 6.07) is 70.2. The van der Waals surface area contributed by atoms with Crippen molar-refractivity contribution in [3.63, 3.8) is 0 Å². The van der Waals surface area contributed by atoms with E-state index in [-0.39, 0.29) is 11.7 Å². The van der Waals surface area contributed by atoms with E-state index in [2.05, 4.69) is 192 Å². The largest absolute Gasteiger partial charge is 0.385 e. The number of hydrogen-bond acceptors (Lipinski definition) is 5. The maximum absolute atomic E-state index is 11.4. The number of benzene rings is 8. The Morgan fingerprint density at radius 2 is 0.931 bits per heavy atom. The topological polar surface area (TPSA) is 72.9 Å². The Kier molecular flexibility index (Phi) is 11.3. The molecule has 6 nitrogen and oxygen atoms in total. The number of hydrogen-bond donors (Lipinski definition) is 2. The SMILES string of the molecule is Cc1cc(N(c2ccccc2)c2ccccc2)ccc1C(c1ccc(N(c2ccccc2)c2ccccc2)cc1)c1ccc(NCCCS(=O)(=O)O)c2ccccc12. The summed E-state index contributed by atoms with van der Waals surface area (Å²) in [5.41, 5.74) is 12.0. The summed E-state index contributed by atoms with van der Waals surface area (Å²) in [5.74, 6) is -0.410. The van der Waals surface area contributed by atoms with Crippen LogP contribution in [-0.2, 0) is 10.1 Å². The third kappa shape index (κ3) is 8.51. The molecule has 0 fully saturated rings. The van der Waals surface area contributed by atoms with Crippen molar-refractivity contribution >= 4 is 60.7 Å². The van der Waals surface area contributed by atoms with Crippen LogP contribution in [0.15, 0.2) is 200 Å². The van der Waals surface area contributed by atoms with Crippen molar-refractivity contribution in [3.8, 4) is 0 Å². The van der Waals surface area contributed by atoms with Gasteiger partial charge in [-0.15, -0.1) is 0 Å². The van der Waals surface area contributed by atoms with Gasteiger partial charge in [0.1, 0.15) is 0 Å². The quantitative estimate of drug-likeness (QED) is 0.0650. The van der Waals surface area contributed by atoms with Crippen LogP contribution in [-0.4, -0.2) is 25.3 Å². The molecule has 0 aliphatic heterocycles. The highest BCUT2D eigenvalue weighted by Gasteiger charge is 2.24. The van der Waals surface area contributed by atoms with E-state index in [4.69, 9.17) is 0 Å². The van der Waals surface area contributed by atoms with Crippen molar-refractivity contribution < 1.29 is 13.0 Å². The third-order valence-corrected chi connectivity index (χ3v) is 11.3. The number of fused-ring (bicyclic) bond motifs is 1. The Bertz CT molecular complexity index is 2630. The summed E-state index contributed by atoms with van der Waals surface area (Å²) in [4.78, 5) is 4.57. The van der Waals surface area contributed by atoms with Gasteiger partial charge in [-0.05, 0) is 120 Å². The van der Waals surface area contributed by atoms with Crippen LogP contribution in [0.25, 0.3) is 10.8 Å². The van der Waals surface area contributed by atoms with Gasteiger partial charge in [0.25, 0.3) is 10.1 Å². The molecule has 2 N–H and O–H groups in total. The fourth-order valence-electron chi connectivity index (χ4n) is 7.87. The van der Waals surface area contributed by atoms with Crippen molar-refractivity contribution in [2.75, 3.05) is 27.4 Å². The molecule has 8 aromatic carbocycles. The fourth-order valence-corrected chi connectivity index (χ4v) is 8.38. The summed E-state index contributed by atoms with van der Waals surface area (Å²) in [6.45, 7) is 2.61. The summed E-state index contributed by atoms with van der Waals surface area (Å²) in [7, 11) is -4.03. The zero-order valence-electron chi connectivity index (χ0n) is 32.3. The van der Waals surface area contributed by atoms with Crippen LogP contribution in [0.2, 0.25) is 0 Å². The van der Waals surface area contributed by atoms with E-state index in [1.54, 1.807) is 0 Å². The van der Waals surface area contributed by atoms with E-state index in [1.165, 1.54) is 5.56 Å². The second kappa shape index (κ2) is 17.2. The van der Waals surface area contributed by atoms with Gasteiger partial charge in [-0.25, -0.2) is 0 Å². The number of para-hydroxylation sites is 4. The third-order valence-electron chi connectivity index (χ3n) is 10.5. The van der Waals surface area contributed by atoms with Gasteiger partial charge in [0.15, 0.2) is 0 Å². The van der Waals surface area contributed by atoms with E-state index in [9.17, 15) is 13.0 Å². The molecule has 0 aliphatic rings. The monoisotopic (exact) mass is 779 g/mol. The van der Waals surface area contributed by atoms with Crippen LogP contribution < -0.4 is 15.1 Å². The first kappa shape index (κ1) is 38.2. The molecule has 0 saturated heterocycles. The molecule has 0 heterocycles. The van der Waals surface area contributed by atoms with Crippen molar-refractivity contribution in [3.05, 3.63) is 222 Å². The molecule has 7 heteroatoms. The molecule has 0 aromatic heterocycles. The molecule has 0 saturated carbocycles. The van der Waals surface area contributed by atoms with E-state index in [1.807, 2.05) is 30.3 Å². The average Bonchev–Trinajstić information content (AvgIpc) is 3.25. The van der Waals surface area contributed by atoms with Crippen molar-refractivity contribution in [2.45, 2.75) is 19.3 Å². The molecule has 0 amide bonds. The lowest BCUT2D eigenvalue weighted by Gasteiger charge is -2.29. The predicted molar refractivity (Wildman–Crippen MR) is 241 cm³/mol. The summed E-state index contributed by atoms with van der Waals surface area (Å²) in [5, 5.41) is 5.58. The van der Waals surface area contributed by atoms with Gasteiger partial charge in [-0.1, -0.05) is 121 Å². The zero-order chi connectivity index (χ0) is 39.9. The molecular formula is C51H45N3O3S. The minimum atomic E-state index is -4.03. The molecular weight excluding hydrogens is 735 g/mol. The van der Waals surface area contributed by atoms with Gasteiger partial charge in [0.05, 0.1) is 5.75 Å². The van der Waals surface area contributed by atoms with Gasteiger partial charge < -0.3 is 15.1 Å². The molecule has 0 bridgehead atoms.